The van der Waals surface area contributed by atoms with Gasteiger partial charge in [0.1, 0.15) is 5.60 Å². The van der Waals surface area contributed by atoms with Gasteiger partial charge in [0.25, 0.3) is 6.72 Å². The van der Waals surface area contributed by atoms with E-state index in [1.165, 1.54) is 13.8 Å². The van der Waals surface area contributed by atoms with Crippen molar-refractivity contribution in [1.29, 1.82) is 0 Å². The van der Waals surface area contributed by atoms with Gasteiger partial charge in [0.05, 0.1) is 0 Å². The Kier molecular flexibility index (Phi) is 6.46. The van der Waals surface area contributed by atoms with E-state index in [4.69, 9.17) is 62.2 Å². The summed E-state index contributed by atoms with van der Waals surface area (Å²) in [7, 11) is 0. The highest BCUT2D eigenvalue weighted by Crippen LogP contribution is 2.59. The molecule has 1 unspecified atom stereocenters. The Morgan fingerprint density at radius 3 is 2.06 bits per heavy atom. The monoisotopic (exact) mass is 348 g/mol. The molecule has 0 saturated heterocycles. The predicted octanol–water partition coefficient (Wildman–Crippen LogP) is 4.74. The van der Waals surface area contributed by atoms with Gasteiger partial charge < -0.3 is 4.52 Å². The summed E-state index contributed by atoms with van der Waals surface area (Å²) < 4.78 is 15.0. The van der Waals surface area contributed by atoms with Crippen LogP contribution in [0.3, 0.4) is 0 Å². The van der Waals surface area contributed by atoms with Crippen molar-refractivity contribution < 1.29 is 13.9 Å². The lowest BCUT2D eigenvalue weighted by Crippen LogP contribution is -2.38. The normalized spacial score (nSPS) is 16.9. The first-order valence-corrected chi connectivity index (χ1v) is 8.34. The third-order valence-corrected chi connectivity index (χ3v) is 5.38. The smallest absolute Gasteiger partial charge is 0.291 e. The average Bonchev–Trinajstić information content (AvgIpc) is 1.96. The van der Waals surface area contributed by atoms with Crippen LogP contribution in [0.15, 0.2) is 0 Å². The maximum absolute atomic E-state index is 11.7. The molecule has 0 aromatic heterocycles. The van der Waals surface area contributed by atoms with Crippen molar-refractivity contribution in [2.45, 2.75) is 29.7 Å². The Hall–Kier alpha value is 1.31. The summed E-state index contributed by atoms with van der Waals surface area (Å²) in [6, 6.07) is 0. The lowest BCUT2D eigenvalue weighted by Gasteiger charge is -2.33. The zero-order valence-corrected chi connectivity index (χ0v) is 13.2. The molecule has 3 nitrogen and oxygen atoms in total. The van der Waals surface area contributed by atoms with Crippen molar-refractivity contribution in [2.24, 2.45) is 0 Å². The van der Waals surface area contributed by atoms with E-state index in [-0.39, 0.29) is 12.6 Å². The van der Waals surface area contributed by atoms with Crippen LogP contribution in [0.1, 0.15) is 20.3 Å². The molecule has 0 spiro atoms. The van der Waals surface area contributed by atoms with E-state index in [2.05, 4.69) is 0 Å². The third kappa shape index (κ3) is 6.30. The summed E-state index contributed by atoms with van der Waals surface area (Å²) >= 11 is 27.6. The van der Waals surface area contributed by atoms with Crippen molar-refractivity contribution in [2.75, 3.05) is 6.16 Å². The first-order chi connectivity index (χ1) is 6.87. The van der Waals surface area contributed by atoms with Crippen LogP contribution < -0.4 is 0 Å². The number of carbonyl (C=O) groups is 1. The number of halogens is 5. The molecule has 0 aliphatic rings. The number of hydrogen-bond donors (Lipinski definition) is 0. The summed E-state index contributed by atoms with van der Waals surface area (Å²) in [5, 5.41) is -0.656. The van der Waals surface area contributed by atoms with Gasteiger partial charge in [-0.15, -0.1) is 0 Å². The van der Waals surface area contributed by atoms with Gasteiger partial charge in [-0.3, -0.25) is 9.36 Å². The molecule has 0 aromatic rings. The second kappa shape index (κ2) is 5.97. The Labute approximate surface area is 119 Å². The van der Waals surface area contributed by atoms with Crippen molar-refractivity contribution in [3.63, 3.8) is 0 Å². The Bertz CT molecular complexity index is 312. The van der Waals surface area contributed by atoms with Gasteiger partial charge in [-0.2, -0.15) is 0 Å². The minimum atomic E-state index is -3.55. The van der Waals surface area contributed by atoms with E-state index in [0.29, 0.717) is 0 Å². The van der Waals surface area contributed by atoms with Gasteiger partial charge in [0, 0.05) is 12.6 Å². The molecule has 0 aliphatic heterocycles. The van der Waals surface area contributed by atoms with Crippen molar-refractivity contribution in [3.05, 3.63) is 0 Å². The summed E-state index contributed by atoms with van der Waals surface area (Å²) in [4.78, 5) is 10.5. The molecule has 0 bridgehead atoms. The molecule has 0 fully saturated rings. The lowest BCUT2D eigenvalue weighted by molar-refractivity contribution is -0.111. The van der Waals surface area contributed by atoms with Crippen LogP contribution in [0.5, 0.6) is 0 Å². The summed E-state index contributed by atoms with van der Waals surface area (Å²) in [5.41, 5.74) is -1.34. The fourth-order valence-electron chi connectivity index (χ4n) is 0.660. The Balaban J connectivity index is 4.59. The molecule has 16 heavy (non-hydrogen) atoms. The Morgan fingerprint density at radius 1 is 1.31 bits per heavy atom. The van der Waals surface area contributed by atoms with E-state index in [0.717, 1.165) is 0 Å². The van der Waals surface area contributed by atoms with Crippen LogP contribution in [-0.2, 0) is 13.9 Å². The molecule has 0 N–H and O–H groups in total. The van der Waals surface area contributed by atoms with E-state index < -0.39 is 21.4 Å². The van der Waals surface area contributed by atoms with Crippen LogP contribution in [-0.4, -0.2) is 20.8 Å². The summed E-state index contributed by atoms with van der Waals surface area (Å²) in [6.45, 7) is -0.695. The van der Waals surface area contributed by atoms with Gasteiger partial charge in [0.2, 0.25) is 9.03 Å². The minimum absolute atomic E-state index is 0.168. The molecule has 0 aromatic carbocycles. The maximum atomic E-state index is 11.7. The molecule has 1 atom stereocenters. The molecule has 0 rings (SSSR count). The molecular weight excluding hydrogens is 340 g/mol. The molecule has 96 valence electrons. The highest BCUT2D eigenvalue weighted by Gasteiger charge is 2.45. The molecular formula is C7H10Cl5O3P. The number of rotatable bonds is 5. The van der Waals surface area contributed by atoms with Crippen molar-refractivity contribution >= 4 is 69.6 Å². The van der Waals surface area contributed by atoms with E-state index in [1.807, 2.05) is 0 Å². The molecule has 0 radical (unpaired) electrons. The summed E-state index contributed by atoms with van der Waals surface area (Å²) in [6.07, 6.45) is -0.376. The van der Waals surface area contributed by atoms with Gasteiger partial charge in [-0.1, -0.05) is 34.8 Å². The largest absolute Gasteiger partial charge is 0.307 e. The van der Waals surface area contributed by atoms with Crippen molar-refractivity contribution in [1.82, 2.24) is 0 Å². The van der Waals surface area contributed by atoms with Gasteiger partial charge in [0.15, 0.2) is 0 Å². The lowest BCUT2D eigenvalue weighted by atomic mass is 10.2. The first kappa shape index (κ1) is 17.3. The van der Waals surface area contributed by atoms with Crippen LogP contribution in [0.25, 0.3) is 0 Å². The zero-order valence-electron chi connectivity index (χ0n) is 8.48. The van der Waals surface area contributed by atoms with Gasteiger partial charge in [-0.25, -0.2) is 0 Å². The Morgan fingerprint density at radius 2 is 1.75 bits per heavy atom. The quantitative estimate of drug-likeness (QED) is 0.409. The van der Waals surface area contributed by atoms with Crippen LogP contribution >= 0.6 is 64.4 Å². The highest BCUT2D eigenvalue weighted by atomic mass is 35.7. The maximum Gasteiger partial charge on any atom is 0.291 e. The number of alkyl halides is 3. The number of hydrogen-bond acceptors (Lipinski definition) is 3. The SMILES string of the molecule is CC(C)(OP(=O)(Cl)CCC(=O)Cl)C(Cl)(Cl)Cl. The van der Waals surface area contributed by atoms with Gasteiger partial charge >= 0.3 is 0 Å². The van der Waals surface area contributed by atoms with E-state index >= 15 is 0 Å². The highest BCUT2D eigenvalue weighted by molar-refractivity contribution is 7.85. The van der Waals surface area contributed by atoms with Gasteiger partial charge in [-0.05, 0) is 36.7 Å². The second-order valence-corrected chi connectivity index (χ2v) is 9.58. The van der Waals surface area contributed by atoms with Crippen molar-refractivity contribution in [3.8, 4) is 0 Å². The van der Waals surface area contributed by atoms with E-state index in [9.17, 15) is 9.36 Å². The zero-order chi connectivity index (χ0) is 13.2. The topological polar surface area (TPSA) is 43.4 Å². The second-order valence-electron chi connectivity index (χ2n) is 3.52. The minimum Gasteiger partial charge on any atom is -0.307 e. The molecule has 0 amide bonds. The molecule has 0 saturated carbocycles. The predicted molar refractivity (Wildman–Crippen MR) is 69.3 cm³/mol. The standard InChI is InChI=1S/C7H10Cl5O3P/c1-6(2,7(9,10)11)15-16(12,14)4-3-5(8)13/h3-4H2,1-2H3. The van der Waals surface area contributed by atoms with Crippen LogP contribution in [0, 0.1) is 0 Å². The number of carbonyl (C=O) groups excluding carboxylic acids is 1. The third-order valence-electron chi connectivity index (χ3n) is 1.62. The van der Waals surface area contributed by atoms with E-state index in [1.54, 1.807) is 0 Å². The molecule has 9 heteroatoms. The fraction of sp³-hybridized carbons (Fsp3) is 0.857. The van der Waals surface area contributed by atoms with Crippen LogP contribution in [0.2, 0.25) is 0 Å². The van der Waals surface area contributed by atoms with Crippen LogP contribution in [0.4, 0.5) is 0 Å². The molecule has 0 heterocycles. The fourth-order valence-corrected chi connectivity index (χ4v) is 3.31. The average molecular weight is 350 g/mol. The molecule has 0 aliphatic carbocycles. The summed E-state index contributed by atoms with van der Waals surface area (Å²) in [5.74, 6) is 0. The first-order valence-electron chi connectivity index (χ1n) is 4.12.